The van der Waals surface area contributed by atoms with Gasteiger partial charge in [0, 0.05) is 12.6 Å². The number of fused-ring (bicyclic) bond motifs is 1. The summed E-state index contributed by atoms with van der Waals surface area (Å²) >= 11 is 1.44. The summed E-state index contributed by atoms with van der Waals surface area (Å²) in [7, 11) is 1.85. The minimum atomic E-state index is -0.162. The molecular weight excluding hydrogens is 412 g/mol. The quantitative estimate of drug-likeness (QED) is 0.452. The molecule has 0 aliphatic heterocycles. The van der Waals surface area contributed by atoms with Crippen LogP contribution in [0.4, 0.5) is 0 Å². The van der Waals surface area contributed by atoms with E-state index >= 15 is 0 Å². The topological polar surface area (TPSA) is 106 Å². The summed E-state index contributed by atoms with van der Waals surface area (Å²) in [5.74, 6) is 1.05. The first kappa shape index (κ1) is 20.8. The zero-order chi connectivity index (χ0) is 22.0. The van der Waals surface area contributed by atoms with Gasteiger partial charge in [0.2, 0.25) is 0 Å². The van der Waals surface area contributed by atoms with E-state index in [9.17, 15) is 9.59 Å². The highest BCUT2D eigenvalue weighted by Gasteiger charge is 2.17. The van der Waals surface area contributed by atoms with Gasteiger partial charge in [0.05, 0.1) is 22.7 Å². The highest BCUT2D eigenvalue weighted by atomic mass is 32.2. The van der Waals surface area contributed by atoms with Gasteiger partial charge in [-0.2, -0.15) is 0 Å². The Morgan fingerprint density at radius 1 is 1.19 bits per heavy atom. The third-order valence-electron chi connectivity index (χ3n) is 4.91. The van der Waals surface area contributed by atoms with Gasteiger partial charge in [-0.25, -0.2) is 4.98 Å². The third-order valence-corrected chi connectivity index (χ3v) is 6.05. The van der Waals surface area contributed by atoms with Gasteiger partial charge in [0.25, 0.3) is 11.5 Å². The average molecular weight is 435 g/mol. The van der Waals surface area contributed by atoms with E-state index in [1.807, 2.05) is 61.9 Å². The van der Waals surface area contributed by atoms with E-state index in [-0.39, 0.29) is 23.3 Å². The molecule has 0 unspecified atom stereocenters. The van der Waals surface area contributed by atoms with Crippen molar-refractivity contribution in [3.05, 3.63) is 81.7 Å². The zero-order valence-corrected chi connectivity index (χ0v) is 18.2. The number of para-hydroxylation sites is 1. The van der Waals surface area contributed by atoms with Crippen LogP contribution >= 0.6 is 11.8 Å². The Kier molecular flexibility index (Phi) is 5.85. The van der Waals surface area contributed by atoms with E-state index in [1.165, 1.54) is 11.8 Å². The molecule has 1 amide bonds. The van der Waals surface area contributed by atoms with Crippen LogP contribution in [0.3, 0.4) is 0 Å². The Bertz CT molecular complexity index is 1310. The number of nitrogens with one attached hydrogen (secondary N) is 2. The lowest BCUT2D eigenvalue weighted by Gasteiger charge is -2.11. The fraction of sp³-hybridized carbons (Fsp3) is 0.227. The van der Waals surface area contributed by atoms with Crippen molar-refractivity contribution in [2.45, 2.75) is 30.8 Å². The standard InChI is InChI=1S/C22H22N6O2S/c1-13-7-6-8-15(11-13)20(29)23-12-18-26-27-22(28(18)3)31-14(2)19-24-17-10-5-4-9-16(17)21(30)25-19/h4-11,14H,12H2,1-3H3,(H,23,29)(H,24,25,30)/t14-/m0/s1. The van der Waals surface area contributed by atoms with Gasteiger partial charge in [-0.1, -0.05) is 41.6 Å². The summed E-state index contributed by atoms with van der Waals surface area (Å²) in [5.41, 5.74) is 2.13. The van der Waals surface area contributed by atoms with Gasteiger partial charge >= 0.3 is 0 Å². The first-order valence-electron chi connectivity index (χ1n) is 9.81. The summed E-state index contributed by atoms with van der Waals surface area (Å²) in [6.07, 6.45) is 0. The second-order valence-electron chi connectivity index (χ2n) is 7.24. The molecule has 31 heavy (non-hydrogen) atoms. The van der Waals surface area contributed by atoms with Crippen LogP contribution in [0.2, 0.25) is 0 Å². The Labute approximate surface area is 183 Å². The Morgan fingerprint density at radius 2 is 2.00 bits per heavy atom. The molecule has 1 atom stereocenters. The number of amides is 1. The van der Waals surface area contributed by atoms with E-state index < -0.39 is 0 Å². The van der Waals surface area contributed by atoms with Crippen LogP contribution in [0.5, 0.6) is 0 Å². The third kappa shape index (κ3) is 4.51. The first-order valence-corrected chi connectivity index (χ1v) is 10.7. The number of benzene rings is 2. The van der Waals surface area contributed by atoms with Crippen LogP contribution in [0, 0.1) is 6.92 Å². The number of rotatable bonds is 6. The maximum Gasteiger partial charge on any atom is 0.258 e. The lowest BCUT2D eigenvalue weighted by atomic mass is 10.1. The Balaban J connectivity index is 1.46. The van der Waals surface area contributed by atoms with Crippen LogP contribution < -0.4 is 10.9 Å². The van der Waals surface area contributed by atoms with Crippen LogP contribution in [0.1, 0.15) is 39.7 Å². The molecule has 0 fully saturated rings. The van der Waals surface area contributed by atoms with Gasteiger partial charge in [-0.05, 0) is 38.1 Å². The molecule has 0 aliphatic carbocycles. The van der Waals surface area contributed by atoms with Crippen molar-refractivity contribution >= 4 is 28.6 Å². The maximum absolute atomic E-state index is 12.4. The van der Waals surface area contributed by atoms with Crippen molar-refractivity contribution in [2.75, 3.05) is 0 Å². The lowest BCUT2D eigenvalue weighted by Crippen LogP contribution is -2.24. The van der Waals surface area contributed by atoms with Crippen molar-refractivity contribution in [3.8, 4) is 0 Å². The summed E-state index contributed by atoms with van der Waals surface area (Å²) in [4.78, 5) is 32.1. The number of nitrogens with zero attached hydrogens (tertiary/aromatic N) is 4. The van der Waals surface area contributed by atoms with Crippen molar-refractivity contribution in [1.29, 1.82) is 0 Å². The molecular formula is C22H22N6O2S. The van der Waals surface area contributed by atoms with E-state index in [1.54, 1.807) is 12.1 Å². The van der Waals surface area contributed by atoms with E-state index in [0.717, 1.165) is 5.56 Å². The van der Waals surface area contributed by atoms with Crippen LogP contribution in [0.15, 0.2) is 58.5 Å². The molecule has 2 aromatic carbocycles. The minimum absolute atomic E-state index is 0.144. The SMILES string of the molecule is Cc1cccc(C(=O)NCc2nnc(S[C@@H](C)c3nc4ccccc4c(=O)[nH]3)n2C)c1. The average Bonchev–Trinajstić information content (AvgIpc) is 3.11. The fourth-order valence-corrected chi connectivity index (χ4v) is 4.05. The van der Waals surface area contributed by atoms with Gasteiger partial charge in [-0.15, -0.1) is 10.2 Å². The fourth-order valence-electron chi connectivity index (χ4n) is 3.16. The summed E-state index contributed by atoms with van der Waals surface area (Å²) in [5, 5.41) is 12.4. The van der Waals surface area contributed by atoms with E-state index in [2.05, 4.69) is 25.5 Å². The maximum atomic E-state index is 12.4. The molecule has 2 heterocycles. The molecule has 0 radical (unpaired) electrons. The van der Waals surface area contributed by atoms with Crippen molar-refractivity contribution < 1.29 is 4.79 Å². The van der Waals surface area contributed by atoms with E-state index in [4.69, 9.17) is 0 Å². The number of aryl methyl sites for hydroxylation is 1. The van der Waals surface area contributed by atoms with Gasteiger partial charge in [0.1, 0.15) is 5.82 Å². The normalized spacial score (nSPS) is 12.1. The van der Waals surface area contributed by atoms with Crippen molar-refractivity contribution in [1.82, 2.24) is 30.0 Å². The van der Waals surface area contributed by atoms with Crippen LogP contribution in [-0.4, -0.2) is 30.6 Å². The predicted octanol–water partition coefficient (Wildman–Crippen LogP) is 3.14. The van der Waals surface area contributed by atoms with Crippen LogP contribution in [-0.2, 0) is 13.6 Å². The molecule has 2 aromatic heterocycles. The molecule has 8 nitrogen and oxygen atoms in total. The molecule has 0 bridgehead atoms. The van der Waals surface area contributed by atoms with Crippen molar-refractivity contribution in [3.63, 3.8) is 0 Å². The molecule has 0 saturated carbocycles. The second-order valence-corrected chi connectivity index (χ2v) is 8.55. The van der Waals surface area contributed by atoms with Gasteiger partial charge < -0.3 is 14.9 Å². The van der Waals surface area contributed by atoms with Gasteiger partial charge in [0.15, 0.2) is 11.0 Å². The number of H-pyrrole nitrogens is 1. The van der Waals surface area contributed by atoms with Crippen molar-refractivity contribution in [2.24, 2.45) is 7.05 Å². The molecule has 0 spiro atoms. The molecule has 4 aromatic rings. The number of aromatic amines is 1. The number of carbonyl (C=O) groups excluding carboxylic acids is 1. The largest absolute Gasteiger partial charge is 0.345 e. The lowest BCUT2D eigenvalue weighted by molar-refractivity contribution is 0.0949. The zero-order valence-electron chi connectivity index (χ0n) is 17.4. The number of thioether (sulfide) groups is 1. The monoisotopic (exact) mass is 434 g/mol. The number of hydrogen-bond donors (Lipinski definition) is 2. The minimum Gasteiger partial charge on any atom is -0.345 e. The number of hydrogen-bond acceptors (Lipinski definition) is 6. The summed E-state index contributed by atoms with van der Waals surface area (Å²) in [6.45, 7) is 4.16. The van der Waals surface area contributed by atoms with Crippen LogP contribution in [0.25, 0.3) is 10.9 Å². The second kappa shape index (κ2) is 8.73. The molecule has 4 rings (SSSR count). The van der Waals surface area contributed by atoms with Gasteiger partial charge in [-0.3, -0.25) is 9.59 Å². The Hall–Kier alpha value is -3.46. The molecule has 158 valence electrons. The van der Waals surface area contributed by atoms with E-state index in [0.29, 0.717) is 33.3 Å². The highest BCUT2D eigenvalue weighted by molar-refractivity contribution is 7.99. The molecule has 9 heteroatoms. The molecule has 0 aliphatic rings. The number of carbonyl (C=O) groups is 1. The summed E-state index contributed by atoms with van der Waals surface area (Å²) < 4.78 is 1.83. The molecule has 2 N–H and O–H groups in total. The smallest absolute Gasteiger partial charge is 0.258 e. The first-order chi connectivity index (χ1) is 14.9. The Morgan fingerprint density at radius 3 is 2.81 bits per heavy atom. The predicted molar refractivity (Wildman–Crippen MR) is 120 cm³/mol. The summed E-state index contributed by atoms with van der Waals surface area (Å²) in [6, 6.07) is 14.7. The highest BCUT2D eigenvalue weighted by Crippen LogP contribution is 2.31. The number of aromatic nitrogens is 5. The molecule has 0 saturated heterocycles.